The first-order valence-corrected chi connectivity index (χ1v) is 9.15. The minimum atomic E-state index is -4.92. The smallest absolute Gasteiger partial charge is 0.415 e. The van der Waals surface area contributed by atoms with Crippen molar-refractivity contribution in [1.29, 1.82) is 0 Å². The van der Waals surface area contributed by atoms with E-state index in [1.807, 2.05) is 13.8 Å². The minimum Gasteiger partial charge on any atom is -0.415 e. The molecule has 1 aromatic rings. The number of nitrogens with one attached hydrogen (secondary N) is 1. The van der Waals surface area contributed by atoms with Gasteiger partial charge in [-0.3, -0.25) is 5.32 Å². The second-order valence-corrected chi connectivity index (χ2v) is 6.01. The Labute approximate surface area is 162 Å². The van der Waals surface area contributed by atoms with E-state index in [0.29, 0.717) is 12.8 Å². The number of cyclic esters (lactones) is 1. The maximum atomic E-state index is 13.8. The van der Waals surface area contributed by atoms with Crippen molar-refractivity contribution in [3.8, 4) is 11.8 Å². The summed E-state index contributed by atoms with van der Waals surface area (Å²) in [7, 11) is 0. The molecule has 1 aromatic carbocycles. The normalized spacial score (nSPS) is 18.1. The van der Waals surface area contributed by atoms with Gasteiger partial charge in [-0.05, 0) is 37.0 Å². The SMILES string of the molecule is CC.O=C1Nc2ccc(Cl)cc2C(C#CCCCCCCO)(C(F)(F)F)O1. The Balaban J connectivity index is 0.00000176. The van der Waals surface area contributed by atoms with Crippen LogP contribution in [0.4, 0.5) is 23.7 Å². The molecule has 150 valence electrons. The summed E-state index contributed by atoms with van der Waals surface area (Å²) in [6.07, 6.45) is -3.15. The molecule has 1 amide bonds. The third kappa shape index (κ3) is 5.78. The molecule has 0 radical (unpaired) electrons. The highest BCUT2D eigenvalue weighted by molar-refractivity contribution is 6.30. The Morgan fingerprint density at radius 3 is 2.52 bits per heavy atom. The molecule has 1 unspecified atom stereocenters. The van der Waals surface area contributed by atoms with Crippen molar-refractivity contribution in [3.63, 3.8) is 0 Å². The van der Waals surface area contributed by atoms with Crippen molar-refractivity contribution in [1.82, 2.24) is 0 Å². The first-order valence-electron chi connectivity index (χ1n) is 8.78. The predicted molar refractivity (Wildman–Crippen MR) is 98.6 cm³/mol. The number of hydrogen-bond donors (Lipinski definition) is 2. The number of carbonyl (C=O) groups excluding carboxylic acids is 1. The van der Waals surface area contributed by atoms with Crippen LogP contribution in [0.25, 0.3) is 0 Å². The molecule has 4 nitrogen and oxygen atoms in total. The fourth-order valence-corrected chi connectivity index (χ4v) is 2.66. The van der Waals surface area contributed by atoms with Crippen LogP contribution in [0.3, 0.4) is 0 Å². The minimum absolute atomic E-state index is 0.0322. The van der Waals surface area contributed by atoms with Gasteiger partial charge in [-0.2, -0.15) is 13.2 Å². The van der Waals surface area contributed by atoms with Gasteiger partial charge >= 0.3 is 12.3 Å². The van der Waals surface area contributed by atoms with Crippen LogP contribution in [-0.4, -0.2) is 24.0 Å². The molecule has 2 N–H and O–H groups in total. The average Bonchev–Trinajstić information content (AvgIpc) is 2.62. The molecule has 1 heterocycles. The van der Waals surface area contributed by atoms with Crippen molar-refractivity contribution >= 4 is 23.4 Å². The van der Waals surface area contributed by atoms with Gasteiger partial charge in [0.15, 0.2) is 0 Å². The Morgan fingerprint density at radius 2 is 1.89 bits per heavy atom. The molecule has 2 rings (SSSR count). The van der Waals surface area contributed by atoms with Crippen LogP contribution in [-0.2, 0) is 10.3 Å². The van der Waals surface area contributed by atoms with Gasteiger partial charge in [0.2, 0.25) is 0 Å². The topological polar surface area (TPSA) is 58.6 Å². The lowest BCUT2D eigenvalue weighted by Gasteiger charge is -2.35. The van der Waals surface area contributed by atoms with E-state index in [1.165, 1.54) is 12.1 Å². The zero-order valence-electron chi connectivity index (χ0n) is 15.3. The largest absolute Gasteiger partial charge is 0.445 e. The van der Waals surface area contributed by atoms with E-state index in [4.69, 9.17) is 16.7 Å². The first-order chi connectivity index (χ1) is 12.8. The van der Waals surface area contributed by atoms with E-state index >= 15 is 0 Å². The maximum Gasteiger partial charge on any atom is 0.445 e. The summed E-state index contributed by atoms with van der Waals surface area (Å²) >= 11 is 5.82. The Morgan fingerprint density at radius 1 is 1.22 bits per heavy atom. The second-order valence-electron chi connectivity index (χ2n) is 5.57. The van der Waals surface area contributed by atoms with Crippen LogP contribution in [0.15, 0.2) is 18.2 Å². The molecular weight excluding hydrogens is 383 g/mol. The van der Waals surface area contributed by atoms with Gasteiger partial charge in [0.05, 0.1) is 5.69 Å². The number of aliphatic hydroxyl groups excluding tert-OH is 1. The summed E-state index contributed by atoms with van der Waals surface area (Å²) in [6, 6.07) is 3.76. The van der Waals surface area contributed by atoms with E-state index in [1.54, 1.807) is 0 Å². The van der Waals surface area contributed by atoms with Crippen LogP contribution < -0.4 is 5.32 Å². The summed E-state index contributed by atoms with van der Waals surface area (Å²) in [5.74, 6) is 4.59. The van der Waals surface area contributed by atoms with Gasteiger partial charge in [-0.25, -0.2) is 4.79 Å². The zero-order valence-corrected chi connectivity index (χ0v) is 16.0. The summed E-state index contributed by atoms with van der Waals surface area (Å²) in [5.41, 5.74) is -3.41. The van der Waals surface area contributed by atoms with Crippen molar-refractivity contribution in [2.45, 2.75) is 57.7 Å². The summed E-state index contributed by atoms with van der Waals surface area (Å²) in [4.78, 5) is 11.6. The van der Waals surface area contributed by atoms with Gasteiger partial charge < -0.3 is 9.84 Å². The number of rotatable bonds is 5. The number of unbranched alkanes of at least 4 members (excludes halogenated alkanes) is 4. The lowest BCUT2D eigenvalue weighted by Crippen LogP contribution is -2.49. The maximum absolute atomic E-state index is 13.8. The highest BCUT2D eigenvalue weighted by Gasteiger charge is 2.61. The van der Waals surface area contributed by atoms with Gasteiger partial charge in [-0.1, -0.05) is 44.2 Å². The van der Waals surface area contributed by atoms with E-state index in [-0.39, 0.29) is 29.3 Å². The van der Waals surface area contributed by atoms with Crippen molar-refractivity contribution in [3.05, 3.63) is 28.8 Å². The molecule has 1 aliphatic rings. The van der Waals surface area contributed by atoms with E-state index in [9.17, 15) is 18.0 Å². The molecule has 0 bridgehead atoms. The zero-order chi connectivity index (χ0) is 20.5. The highest BCUT2D eigenvalue weighted by atomic mass is 35.5. The average molecular weight is 406 g/mol. The fraction of sp³-hybridized carbons (Fsp3) is 0.526. The van der Waals surface area contributed by atoms with Crippen LogP contribution in [0, 0.1) is 11.8 Å². The molecule has 8 heteroatoms. The summed E-state index contributed by atoms with van der Waals surface area (Å²) < 4.78 is 46.0. The number of aliphatic hydroxyl groups is 1. The molecule has 0 saturated heterocycles. The van der Waals surface area contributed by atoms with Crippen LogP contribution in [0.2, 0.25) is 5.02 Å². The molecule has 1 aliphatic heterocycles. The molecule has 0 aromatic heterocycles. The van der Waals surface area contributed by atoms with Crippen LogP contribution >= 0.6 is 11.6 Å². The monoisotopic (exact) mass is 405 g/mol. The quantitative estimate of drug-likeness (QED) is 0.493. The molecule has 1 atom stereocenters. The highest BCUT2D eigenvalue weighted by Crippen LogP contribution is 2.47. The molecule has 0 saturated carbocycles. The lowest BCUT2D eigenvalue weighted by atomic mass is 9.90. The fourth-order valence-electron chi connectivity index (χ4n) is 2.49. The van der Waals surface area contributed by atoms with Crippen LogP contribution in [0.1, 0.15) is 51.5 Å². The van der Waals surface area contributed by atoms with Crippen molar-refractivity contribution in [2.75, 3.05) is 11.9 Å². The van der Waals surface area contributed by atoms with Crippen LogP contribution in [0.5, 0.6) is 0 Å². The molecule has 0 aliphatic carbocycles. The van der Waals surface area contributed by atoms with Crippen molar-refractivity contribution in [2.24, 2.45) is 0 Å². The van der Waals surface area contributed by atoms with E-state index in [0.717, 1.165) is 18.9 Å². The van der Waals surface area contributed by atoms with Gasteiger partial charge in [0.1, 0.15) is 0 Å². The third-order valence-electron chi connectivity index (χ3n) is 3.72. The molecular formula is C19H23ClF3NO3. The number of anilines is 1. The summed E-state index contributed by atoms with van der Waals surface area (Å²) in [5, 5.41) is 11.0. The third-order valence-corrected chi connectivity index (χ3v) is 3.95. The standard InChI is InChI=1S/C17H17ClF3NO3.C2H6/c18-12-7-8-14-13(11-12)16(17(19,20)21,25-15(24)22-14)9-5-3-1-2-4-6-10-23;1-2/h7-8,11,23H,1-4,6,10H2,(H,22,24);1-2H3. The van der Waals surface area contributed by atoms with Gasteiger partial charge in [-0.15, -0.1) is 0 Å². The summed E-state index contributed by atoms with van der Waals surface area (Å²) in [6.45, 7) is 4.09. The van der Waals surface area contributed by atoms with Gasteiger partial charge in [0, 0.05) is 23.6 Å². The Kier molecular flexibility index (Phi) is 8.94. The number of alkyl halides is 3. The number of halogens is 4. The number of ether oxygens (including phenoxy) is 1. The number of fused-ring (bicyclic) bond motifs is 1. The first kappa shape index (κ1) is 23.1. The number of benzene rings is 1. The predicted octanol–water partition coefficient (Wildman–Crippen LogP) is 5.63. The Bertz CT molecular complexity index is 698. The molecule has 0 spiro atoms. The molecule has 27 heavy (non-hydrogen) atoms. The van der Waals surface area contributed by atoms with E-state index < -0.39 is 17.9 Å². The second kappa shape index (κ2) is 10.4. The number of hydrogen-bond acceptors (Lipinski definition) is 3. The molecule has 0 fully saturated rings. The lowest BCUT2D eigenvalue weighted by molar-refractivity contribution is -0.239. The Hall–Kier alpha value is -1.91. The van der Waals surface area contributed by atoms with Gasteiger partial charge in [0.25, 0.3) is 5.60 Å². The number of carbonyl (C=O) groups is 1. The van der Waals surface area contributed by atoms with E-state index in [2.05, 4.69) is 21.9 Å². The van der Waals surface area contributed by atoms with Crippen molar-refractivity contribution < 1.29 is 27.8 Å². The number of amides is 1.